The molecule has 4 atom stereocenters. The Hall–Kier alpha value is -1.56. The fourth-order valence-corrected chi connectivity index (χ4v) is 4.25. The first-order valence-corrected chi connectivity index (χ1v) is 8.00. The van der Waals surface area contributed by atoms with Crippen LogP contribution < -0.4 is 0 Å². The highest BCUT2D eigenvalue weighted by molar-refractivity contribution is 6.42. The summed E-state index contributed by atoms with van der Waals surface area (Å²) >= 11 is 12.2. The summed E-state index contributed by atoms with van der Waals surface area (Å²) in [5, 5.41) is 10.3. The van der Waals surface area contributed by atoms with Gasteiger partial charge < -0.3 is 14.7 Å². The maximum Gasteiger partial charge on any atom is 0.310 e. The molecule has 1 aromatic carbocycles. The molecule has 0 radical (unpaired) electrons. The smallest absolute Gasteiger partial charge is 0.310 e. The SMILES string of the molecule is O=C(O)[C@@H]1[C@H]2C=C[C@]3(CN(Cc4cccc(Cl)c4Cl)C(=O)[C@@H]13)O2. The number of rotatable bonds is 3. The van der Waals surface area contributed by atoms with Crippen molar-refractivity contribution < 1.29 is 19.4 Å². The van der Waals surface area contributed by atoms with Gasteiger partial charge in [0.25, 0.3) is 0 Å². The van der Waals surface area contributed by atoms with Gasteiger partial charge in [0.05, 0.1) is 28.6 Å². The van der Waals surface area contributed by atoms with Crippen molar-refractivity contribution in [2.45, 2.75) is 18.2 Å². The fraction of sp³-hybridized carbons (Fsp3) is 0.375. The first-order chi connectivity index (χ1) is 10.9. The number of hydrogen-bond donors (Lipinski definition) is 1. The van der Waals surface area contributed by atoms with Crippen molar-refractivity contribution in [2.75, 3.05) is 6.54 Å². The summed E-state index contributed by atoms with van der Waals surface area (Å²) in [7, 11) is 0. The van der Waals surface area contributed by atoms with Crippen molar-refractivity contribution in [1.29, 1.82) is 0 Å². The monoisotopic (exact) mass is 353 g/mol. The van der Waals surface area contributed by atoms with Crippen molar-refractivity contribution in [2.24, 2.45) is 11.8 Å². The number of aliphatic carboxylic acids is 1. The van der Waals surface area contributed by atoms with Gasteiger partial charge >= 0.3 is 5.97 Å². The van der Waals surface area contributed by atoms with Gasteiger partial charge in [-0.1, -0.05) is 47.5 Å². The Morgan fingerprint density at radius 1 is 1.43 bits per heavy atom. The summed E-state index contributed by atoms with van der Waals surface area (Å²) < 4.78 is 5.84. The number of carbonyl (C=O) groups excluding carboxylic acids is 1. The summed E-state index contributed by atoms with van der Waals surface area (Å²) in [5.74, 6) is -2.71. The van der Waals surface area contributed by atoms with Gasteiger partial charge in [0, 0.05) is 6.54 Å². The number of carbonyl (C=O) groups is 2. The van der Waals surface area contributed by atoms with E-state index < -0.39 is 29.5 Å². The minimum atomic E-state index is -0.998. The van der Waals surface area contributed by atoms with Crippen molar-refractivity contribution in [1.82, 2.24) is 4.90 Å². The Labute approximate surface area is 142 Å². The van der Waals surface area contributed by atoms with Crippen molar-refractivity contribution in [3.8, 4) is 0 Å². The van der Waals surface area contributed by atoms with E-state index in [2.05, 4.69) is 0 Å². The average molecular weight is 354 g/mol. The van der Waals surface area contributed by atoms with Gasteiger partial charge in [-0.05, 0) is 11.6 Å². The number of ether oxygens (including phenoxy) is 1. The molecule has 1 spiro atoms. The van der Waals surface area contributed by atoms with Crippen LogP contribution in [0.15, 0.2) is 30.4 Å². The number of carboxylic acid groups (broad SMARTS) is 1. The molecule has 2 saturated heterocycles. The van der Waals surface area contributed by atoms with Crippen molar-refractivity contribution in [3.05, 3.63) is 46.0 Å². The van der Waals surface area contributed by atoms with Gasteiger partial charge in [0.1, 0.15) is 11.5 Å². The Morgan fingerprint density at radius 3 is 2.96 bits per heavy atom. The summed E-state index contributed by atoms with van der Waals surface area (Å²) in [4.78, 5) is 25.9. The van der Waals surface area contributed by atoms with E-state index in [4.69, 9.17) is 27.9 Å². The van der Waals surface area contributed by atoms with Crippen LogP contribution in [0.5, 0.6) is 0 Å². The Balaban J connectivity index is 1.64. The van der Waals surface area contributed by atoms with Crippen LogP contribution in [0.25, 0.3) is 0 Å². The second-order valence-corrected chi connectivity index (χ2v) is 6.93. The van der Waals surface area contributed by atoms with Gasteiger partial charge in [-0.25, -0.2) is 0 Å². The molecule has 120 valence electrons. The van der Waals surface area contributed by atoms with Crippen LogP contribution in [-0.4, -0.2) is 40.1 Å². The molecule has 1 N–H and O–H groups in total. The maximum atomic E-state index is 12.8. The third kappa shape index (κ3) is 2.04. The van der Waals surface area contributed by atoms with Gasteiger partial charge in [-0.2, -0.15) is 0 Å². The lowest BCUT2D eigenvalue weighted by Crippen LogP contribution is -2.39. The molecule has 0 aromatic heterocycles. The summed E-state index contributed by atoms with van der Waals surface area (Å²) in [6.45, 7) is 0.612. The van der Waals surface area contributed by atoms with Crippen LogP contribution in [0.3, 0.4) is 0 Å². The molecule has 2 bridgehead atoms. The van der Waals surface area contributed by atoms with Crippen LogP contribution in [0.2, 0.25) is 10.0 Å². The van der Waals surface area contributed by atoms with Crippen LogP contribution in [0.4, 0.5) is 0 Å². The molecule has 3 aliphatic rings. The van der Waals surface area contributed by atoms with E-state index in [1.165, 1.54) is 0 Å². The minimum absolute atomic E-state index is 0.208. The zero-order valence-corrected chi connectivity index (χ0v) is 13.4. The summed E-state index contributed by atoms with van der Waals surface area (Å²) in [5.41, 5.74) is -0.0927. The number of hydrogen-bond acceptors (Lipinski definition) is 3. The molecule has 2 fully saturated rings. The molecule has 23 heavy (non-hydrogen) atoms. The Morgan fingerprint density at radius 2 is 2.22 bits per heavy atom. The van der Waals surface area contributed by atoms with Crippen molar-refractivity contribution >= 4 is 35.1 Å². The van der Waals surface area contributed by atoms with E-state index in [9.17, 15) is 14.7 Å². The van der Waals surface area contributed by atoms with Crippen LogP contribution in [0.1, 0.15) is 5.56 Å². The Kier molecular flexibility index (Phi) is 3.24. The standard InChI is InChI=1S/C16H13Cl2NO4/c17-9-3-1-2-8(13(9)18)6-19-7-16-5-4-10(23-16)11(15(21)22)12(16)14(19)20/h1-5,10-12H,6-7H2,(H,21,22)/t10-,11-,12-,16-/m1/s1. The number of carboxylic acids is 1. The number of benzene rings is 1. The second kappa shape index (κ2) is 4.97. The van der Waals surface area contributed by atoms with E-state index in [1.807, 2.05) is 6.08 Å². The molecule has 3 aliphatic heterocycles. The molecule has 0 saturated carbocycles. The highest BCUT2D eigenvalue weighted by Crippen LogP contribution is 2.52. The zero-order valence-electron chi connectivity index (χ0n) is 11.9. The molecule has 1 aromatic rings. The quantitative estimate of drug-likeness (QED) is 0.847. The first kappa shape index (κ1) is 15.0. The fourth-order valence-electron chi connectivity index (χ4n) is 3.87. The van der Waals surface area contributed by atoms with Gasteiger partial charge in [0.2, 0.25) is 5.91 Å². The molecule has 3 heterocycles. The number of amides is 1. The van der Waals surface area contributed by atoms with E-state index in [1.54, 1.807) is 29.2 Å². The molecule has 0 unspecified atom stereocenters. The van der Waals surface area contributed by atoms with E-state index in [-0.39, 0.29) is 12.5 Å². The summed E-state index contributed by atoms with van der Waals surface area (Å²) in [6, 6.07) is 5.25. The lowest BCUT2D eigenvalue weighted by Gasteiger charge is -2.21. The normalized spacial score (nSPS) is 34.3. The molecule has 0 aliphatic carbocycles. The third-order valence-corrected chi connectivity index (χ3v) is 5.71. The molecule has 4 rings (SSSR count). The first-order valence-electron chi connectivity index (χ1n) is 7.24. The maximum absolute atomic E-state index is 12.8. The minimum Gasteiger partial charge on any atom is -0.481 e. The largest absolute Gasteiger partial charge is 0.481 e. The number of halogens is 2. The summed E-state index contributed by atoms with van der Waals surface area (Å²) in [6.07, 6.45) is 3.07. The Bertz CT molecular complexity index is 750. The molecule has 1 amide bonds. The molecule has 7 heteroatoms. The number of likely N-dealkylation sites (tertiary alicyclic amines) is 1. The highest BCUT2D eigenvalue weighted by atomic mass is 35.5. The molecule has 5 nitrogen and oxygen atoms in total. The van der Waals surface area contributed by atoms with Crippen molar-refractivity contribution in [3.63, 3.8) is 0 Å². The van der Waals surface area contributed by atoms with Gasteiger partial charge in [0.15, 0.2) is 0 Å². The van der Waals surface area contributed by atoms with Crippen LogP contribution in [-0.2, 0) is 20.9 Å². The van der Waals surface area contributed by atoms with Crippen LogP contribution in [0, 0.1) is 11.8 Å². The van der Waals surface area contributed by atoms with Crippen LogP contribution >= 0.6 is 23.2 Å². The third-order valence-electron chi connectivity index (χ3n) is 4.86. The van der Waals surface area contributed by atoms with E-state index in [0.29, 0.717) is 16.6 Å². The van der Waals surface area contributed by atoms with Gasteiger partial charge in [-0.3, -0.25) is 9.59 Å². The zero-order chi connectivity index (χ0) is 16.4. The number of nitrogens with zero attached hydrogens (tertiary/aromatic N) is 1. The predicted octanol–water partition coefficient (Wildman–Crippen LogP) is 2.36. The highest BCUT2D eigenvalue weighted by Gasteiger charge is 2.67. The van der Waals surface area contributed by atoms with E-state index in [0.717, 1.165) is 5.56 Å². The molecular weight excluding hydrogens is 341 g/mol. The average Bonchev–Trinajstić information content (AvgIpc) is 3.13. The number of fused-ring (bicyclic) bond motifs is 1. The topological polar surface area (TPSA) is 66.8 Å². The lowest BCUT2D eigenvalue weighted by molar-refractivity contribution is -0.148. The van der Waals surface area contributed by atoms with Gasteiger partial charge in [-0.15, -0.1) is 0 Å². The predicted molar refractivity (Wildman–Crippen MR) is 83.2 cm³/mol. The van der Waals surface area contributed by atoms with E-state index >= 15 is 0 Å². The molecular formula is C16H13Cl2NO4. The lowest BCUT2D eigenvalue weighted by atomic mass is 9.77. The second-order valence-electron chi connectivity index (χ2n) is 6.15.